The second kappa shape index (κ2) is 9.65. The summed E-state index contributed by atoms with van der Waals surface area (Å²) in [4.78, 5) is 15.0. The normalized spacial score (nSPS) is 12.2. The van der Waals surface area contributed by atoms with Gasteiger partial charge < -0.3 is 18.6 Å². The molecule has 1 amide bonds. The van der Waals surface area contributed by atoms with Gasteiger partial charge >= 0.3 is 10.1 Å². The highest BCUT2D eigenvalue weighted by atomic mass is 32.2. The molecule has 0 heterocycles. The van der Waals surface area contributed by atoms with Gasteiger partial charge in [0.05, 0.1) is 26.0 Å². The molecule has 0 unspecified atom stereocenters. The van der Waals surface area contributed by atoms with Crippen molar-refractivity contribution in [2.75, 3.05) is 20.5 Å². The van der Waals surface area contributed by atoms with Gasteiger partial charge in [-0.3, -0.25) is 4.79 Å². The monoisotopic (exact) mass is 421 g/mol. The third-order valence-electron chi connectivity index (χ3n) is 4.54. The number of carbonyl (C=O) groups excluding carboxylic acids is 1. The van der Waals surface area contributed by atoms with E-state index in [1.54, 1.807) is 41.3 Å². The van der Waals surface area contributed by atoms with Crippen LogP contribution in [-0.4, -0.2) is 45.7 Å². The molecular formula is C21H27NO6S. The number of nitrogens with zero attached hydrogens (tertiary/aromatic N) is 1. The zero-order valence-corrected chi connectivity index (χ0v) is 18.2. The zero-order valence-electron chi connectivity index (χ0n) is 17.3. The summed E-state index contributed by atoms with van der Waals surface area (Å²) in [5.41, 5.74) is 1.18. The van der Waals surface area contributed by atoms with Crippen LogP contribution < -0.4 is 13.7 Å². The molecule has 0 saturated heterocycles. The van der Waals surface area contributed by atoms with E-state index in [2.05, 4.69) is 0 Å². The average molecular weight is 422 g/mol. The molecule has 0 spiro atoms. The van der Waals surface area contributed by atoms with Crippen molar-refractivity contribution in [1.29, 1.82) is 0 Å². The minimum Gasteiger partial charge on any atom is -0.496 e. The highest BCUT2D eigenvalue weighted by Crippen LogP contribution is 2.30. The number of hydrogen-bond acceptors (Lipinski definition) is 6. The lowest BCUT2D eigenvalue weighted by Gasteiger charge is -2.29. The first-order valence-corrected chi connectivity index (χ1v) is 11.0. The van der Waals surface area contributed by atoms with Crippen molar-refractivity contribution in [3.8, 4) is 17.2 Å². The van der Waals surface area contributed by atoms with Gasteiger partial charge in [0.15, 0.2) is 11.5 Å². The van der Waals surface area contributed by atoms with Gasteiger partial charge in [-0.15, -0.1) is 0 Å². The fourth-order valence-electron chi connectivity index (χ4n) is 2.87. The van der Waals surface area contributed by atoms with Gasteiger partial charge in [0.25, 0.3) is 5.91 Å². The van der Waals surface area contributed by atoms with E-state index in [4.69, 9.17) is 13.7 Å². The van der Waals surface area contributed by atoms with Crippen molar-refractivity contribution in [1.82, 2.24) is 4.90 Å². The molecule has 1 atom stereocenters. The number of methoxy groups -OCH3 is 2. The van der Waals surface area contributed by atoms with Crippen LogP contribution in [0.15, 0.2) is 42.5 Å². The lowest BCUT2D eigenvalue weighted by molar-refractivity contribution is 0.0668. The quantitative estimate of drug-likeness (QED) is 0.577. The Hall–Kier alpha value is -2.74. The molecule has 0 aliphatic carbocycles. The molecule has 2 aromatic rings. The molecule has 0 radical (unpaired) electrons. The maximum Gasteiger partial charge on any atom is 0.306 e. The Balaban J connectivity index is 2.40. The molecule has 8 heteroatoms. The number of ether oxygens (including phenoxy) is 2. The summed E-state index contributed by atoms with van der Waals surface area (Å²) >= 11 is 0. The summed E-state index contributed by atoms with van der Waals surface area (Å²) in [5.74, 6) is 0.714. The second-order valence-corrected chi connectivity index (χ2v) is 8.24. The van der Waals surface area contributed by atoms with Gasteiger partial charge in [-0.25, -0.2) is 0 Å². The first kappa shape index (κ1) is 22.5. The molecule has 7 nitrogen and oxygen atoms in total. The molecule has 29 heavy (non-hydrogen) atoms. The van der Waals surface area contributed by atoms with E-state index in [1.165, 1.54) is 14.2 Å². The van der Waals surface area contributed by atoms with Crippen molar-refractivity contribution in [3.05, 3.63) is 53.6 Å². The van der Waals surface area contributed by atoms with Gasteiger partial charge in [0.1, 0.15) is 5.75 Å². The lowest BCUT2D eigenvalue weighted by atomic mass is 10.1. The topological polar surface area (TPSA) is 82.1 Å². The Morgan fingerprint density at radius 1 is 1.03 bits per heavy atom. The van der Waals surface area contributed by atoms with Crippen LogP contribution in [0.2, 0.25) is 0 Å². The minimum atomic E-state index is -3.72. The molecule has 0 aliphatic rings. The van der Waals surface area contributed by atoms with Crippen LogP contribution in [0.25, 0.3) is 0 Å². The van der Waals surface area contributed by atoms with E-state index in [1.807, 2.05) is 19.9 Å². The summed E-state index contributed by atoms with van der Waals surface area (Å²) in [5, 5.41) is 0. The number of hydrogen-bond donors (Lipinski definition) is 0. The number of rotatable bonds is 9. The Bertz CT molecular complexity index is 957. The van der Waals surface area contributed by atoms with Crippen molar-refractivity contribution in [2.45, 2.75) is 32.9 Å². The molecule has 158 valence electrons. The minimum absolute atomic E-state index is 0.0474. The van der Waals surface area contributed by atoms with Crippen LogP contribution in [0.4, 0.5) is 0 Å². The summed E-state index contributed by atoms with van der Waals surface area (Å²) in [6, 6.07) is 12.0. The summed E-state index contributed by atoms with van der Waals surface area (Å²) < 4.78 is 38.7. The van der Waals surface area contributed by atoms with Crippen molar-refractivity contribution in [2.24, 2.45) is 0 Å². The first-order valence-electron chi connectivity index (χ1n) is 9.20. The number of amides is 1. The number of benzene rings is 2. The van der Waals surface area contributed by atoms with Gasteiger partial charge in [0, 0.05) is 12.6 Å². The maximum absolute atomic E-state index is 13.3. The largest absolute Gasteiger partial charge is 0.496 e. The molecule has 0 fully saturated rings. The molecule has 0 aromatic heterocycles. The second-order valence-electron chi connectivity index (χ2n) is 6.66. The summed E-state index contributed by atoms with van der Waals surface area (Å²) in [7, 11) is -0.764. The predicted octanol–water partition coefficient (Wildman–Crippen LogP) is 3.48. The van der Waals surface area contributed by atoms with E-state index >= 15 is 0 Å². The van der Waals surface area contributed by atoms with E-state index in [0.29, 0.717) is 22.6 Å². The van der Waals surface area contributed by atoms with Gasteiger partial charge in [-0.2, -0.15) is 8.42 Å². The SMILES string of the molecule is CC[C@@H](C)N(Cc1ccc(OC)c(OS(C)(=O)=O)c1)C(=O)c1ccccc1OC. The molecule has 0 saturated carbocycles. The van der Waals surface area contributed by atoms with Crippen LogP contribution in [-0.2, 0) is 16.7 Å². The number of carbonyl (C=O) groups is 1. The average Bonchev–Trinajstić information content (AvgIpc) is 2.69. The van der Waals surface area contributed by atoms with Crippen molar-refractivity contribution in [3.63, 3.8) is 0 Å². The molecule has 2 rings (SSSR count). The van der Waals surface area contributed by atoms with Crippen LogP contribution in [0.3, 0.4) is 0 Å². The predicted molar refractivity (Wildman–Crippen MR) is 111 cm³/mol. The number of para-hydroxylation sites is 1. The van der Waals surface area contributed by atoms with Crippen LogP contribution in [0.5, 0.6) is 17.2 Å². The van der Waals surface area contributed by atoms with Crippen molar-refractivity contribution < 1.29 is 26.9 Å². The maximum atomic E-state index is 13.3. The van der Waals surface area contributed by atoms with E-state index < -0.39 is 10.1 Å². The molecule has 2 aromatic carbocycles. The smallest absolute Gasteiger partial charge is 0.306 e. The highest BCUT2D eigenvalue weighted by molar-refractivity contribution is 7.86. The standard InChI is InChI=1S/C21H27NO6S/c1-6-15(2)22(21(23)17-9-7-8-10-18(17)26-3)14-16-11-12-19(27-4)20(13-16)28-29(5,24)25/h7-13,15H,6,14H2,1-5H3/t15-/m1/s1. The Morgan fingerprint density at radius 3 is 2.28 bits per heavy atom. The fraction of sp³-hybridized carbons (Fsp3) is 0.381. The van der Waals surface area contributed by atoms with Crippen LogP contribution >= 0.6 is 0 Å². The van der Waals surface area contributed by atoms with Gasteiger partial charge in [0.2, 0.25) is 0 Å². The molecule has 0 N–H and O–H groups in total. The summed E-state index contributed by atoms with van der Waals surface area (Å²) in [6.45, 7) is 4.24. The lowest BCUT2D eigenvalue weighted by Crippen LogP contribution is -2.38. The summed E-state index contributed by atoms with van der Waals surface area (Å²) in [6.07, 6.45) is 1.72. The van der Waals surface area contributed by atoms with Crippen LogP contribution in [0.1, 0.15) is 36.2 Å². The van der Waals surface area contributed by atoms with E-state index in [9.17, 15) is 13.2 Å². The Kier molecular flexibility index (Phi) is 7.50. The van der Waals surface area contributed by atoms with E-state index in [-0.39, 0.29) is 24.2 Å². The van der Waals surface area contributed by atoms with E-state index in [0.717, 1.165) is 12.7 Å². The third-order valence-corrected chi connectivity index (χ3v) is 5.03. The molecule has 0 aliphatic heterocycles. The highest BCUT2D eigenvalue weighted by Gasteiger charge is 2.24. The van der Waals surface area contributed by atoms with Crippen molar-refractivity contribution >= 4 is 16.0 Å². The van der Waals surface area contributed by atoms with Crippen LogP contribution in [0, 0.1) is 0 Å². The molecular weight excluding hydrogens is 394 g/mol. The Morgan fingerprint density at radius 2 is 1.69 bits per heavy atom. The van der Waals surface area contributed by atoms with Gasteiger partial charge in [-0.05, 0) is 43.2 Å². The first-order chi connectivity index (χ1) is 13.7. The third kappa shape index (κ3) is 5.87. The Labute approximate surface area is 172 Å². The zero-order chi connectivity index (χ0) is 21.6. The fourth-order valence-corrected chi connectivity index (χ4v) is 3.33. The molecule has 0 bridgehead atoms. The van der Waals surface area contributed by atoms with Gasteiger partial charge in [-0.1, -0.05) is 25.1 Å².